The number of amides is 2. The second-order valence-electron chi connectivity index (χ2n) is 7.19. The molecule has 0 aliphatic rings. The number of hydrogen-bond donors (Lipinski definition) is 2. The summed E-state index contributed by atoms with van der Waals surface area (Å²) in [6, 6.07) is 6.67. The SMILES string of the molecule is CCOc1c(Br)cc(C(=O)Nc2cc(F)ccc2NC(=O)OC(C)(C)C)cc1OC. The first-order chi connectivity index (χ1) is 14.0. The summed E-state index contributed by atoms with van der Waals surface area (Å²) in [5.41, 5.74) is -0.195. The average molecular weight is 483 g/mol. The summed E-state index contributed by atoms with van der Waals surface area (Å²) < 4.78 is 30.3. The van der Waals surface area contributed by atoms with Crippen LogP contribution in [0.15, 0.2) is 34.8 Å². The molecule has 162 valence electrons. The number of rotatable bonds is 6. The van der Waals surface area contributed by atoms with E-state index in [2.05, 4.69) is 26.6 Å². The van der Waals surface area contributed by atoms with Crippen molar-refractivity contribution in [3.05, 3.63) is 46.2 Å². The van der Waals surface area contributed by atoms with Crippen molar-refractivity contribution in [1.82, 2.24) is 0 Å². The monoisotopic (exact) mass is 482 g/mol. The Labute approximate surface area is 183 Å². The van der Waals surface area contributed by atoms with Gasteiger partial charge in [-0.2, -0.15) is 0 Å². The molecule has 0 aliphatic heterocycles. The minimum absolute atomic E-state index is 0.0785. The number of carbonyl (C=O) groups excluding carboxylic acids is 2. The lowest BCUT2D eigenvalue weighted by molar-refractivity contribution is 0.0635. The maximum Gasteiger partial charge on any atom is 0.412 e. The fraction of sp³-hybridized carbons (Fsp3) is 0.333. The zero-order valence-corrected chi connectivity index (χ0v) is 19.0. The fourth-order valence-corrected chi connectivity index (χ4v) is 3.03. The molecule has 9 heteroatoms. The molecule has 0 saturated carbocycles. The van der Waals surface area contributed by atoms with Crippen molar-refractivity contribution in [2.75, 3.05) is 24.4 Å². The molecule has 0 bridgehead atoms. The molecule has 0 fully saturated rings. The van der Waals surface area contributed by atoms with Gasteiger partial charge >= 0.3 is 6.09 Å². The van der Waals surface area contributed by atoms with Crippen LogP contribution in [0.25, 0.3) is 0 Å². The lowest BCUT2D eigenvalue weighted by atomic mass is 10.1. The van der Waals surface area contributed by atoms with Crippen LogP contribution in [-0.2, 0) is 4.74 Å². The van der Waals surface area contributed by atoms with Crippen LogP contribution in [0.3, 0.4) is 0 Å². The maximum atomic E-state index is 13.8. The Morgan fingerprint density at radius 2 is 1.80 bits per heavy atom. The van der Waals surface area contributed by atoms with E-state index in [0.717, 1.165) is 6.07 Å². The second kappa shape index (κ2) is 9.80. The highest BCUT2D eigenvalue weighted by molar-refractivity contribution is 9.10. The first-order valence-electron chi connectivity index (χ1n) is 9.15. The molecule has 2 aromatic rings. The number of hydrogen-bond acceptors (Lipinski definition) is 5. The number of carbonyl (C=O) groups is 2. The molecule has 0 aromatic heterocycles. The Hall–Kier alpha value is -2.81. The third-order valence-corrected chi connectivity index (χ3v) is 4.23. The van der Waals surface area contributed by atoms with Gasteiger partial charge in [-0.3, -0.25) is 10.1 Å². The van der Waals surface area contributed by atoms with E-state index in [-0.39, 0.29) is 16.9 Å². The number of ether oxygens (including phenoxy) is 3. The number of halogens is 2. The molecule has 2 N–H and O–H groups in total. The quantitative estimate of drug-likeness (QED) is 0.559. The molecular weight excluding hydrogens is 459 g/mol. The van der Waals surface area contributed by atoms with Gasteiger partial charge in [0, 0.05) is 5.56 Å². The van der Waals surface area contributed by atoms with E-state index in [4.69, 9.17) is 14.2 Å². The van der Waals surface area contributed by atoms with Gasteiger partial charge in [0.1, 0.15) is 11.4 Å². The molecule has 0 spiro atoms. The van der Waals surface area contributed by atoms with Crippen molar-refractivity contribution >= 4 is 39.3 Å². The average Bonchev–Trinajstić information content (AvgIpc) is 2.63. The predicted molar refractivity (Wildman–Crippen MR) is 116 cm³/mol. The van der Waals surface area contributed by atoms with Gasteiger partial charge in [-0.1, -0.05) is 0 Å². The number of anilines is 2. The topological polar surface area (TPSA) is 85.9 Å². The van der Waals surface area contributed by atoms with E-state index in [1.807, 2.05) is 6.92 Å². The summed E-state index contributed by atoms with van der Waals surface area (Å²) in [4.78, 5) is 24.9. The van der Waals surface area contributed by atoms with E-state index in [9.17, 15) is 14.0 Å². The first kappa shape index (κ1) is 23.5. The molecule has 0 saturated heterocycles. The zero-order valence-electron chi connectivity index (χ0n) is 17.4. The lowest BCUT2D eigenvalue weighted by Gasteiger charge is -2.20. The van der Waals surface area contributed by atoms with Crippen LogP contribution in [0.4, 0.5) is 20.6 Å². The molecule has 0 heterocycles. The van der Waals surface area contributed by atoms with Crippen LogP contribution < -0.4 is 20.1 Å². The van der Waals surface area contributed by atoms with Crippen LogP contribution in [0.1, 0.15) is 38.1 Å². The zero-order chi connectivity index (χ0) is 22.5. The Balaban J connectivity index is 2.29. The summed E-state index contributed by atoms with van der Waals surface area (Å²) in [5.74, 6) is -0.280. The van der Waals surface area contributed by atoms with Gasteiger partial charge in [0.15, 0.2) is 11.5 Å². The Morgan fingerprint density at radius 1 is 1.10 bits per heavy atom. The van der Waals surface area contributed by atoms with Crippen LogP contribution in [-0.4, -0.2) is 31.3 Å². The Bertz CT molecular complexity index is 944. The summed E-state index contributed by atoms with van der Waals surface area (Å²) in [6.45, 7) is 7.41. The number of methoxy groups -OCH3 is 1. The smallest absolute Gasteiger partial charge is 0.412 e. The van der Waals surface area contributed by atoms with Crippen LogP contribution in [0, 0.1) is 5.82 Å². The number of benzene rings is 2. The molecule has 0 aliphatic carbocycles. The van der Waals surface area contributed by atoms with Crippen molar-refractivity contribution in [3.63, 3.8) is 0 Å². The molecule has 0 unspecified atom stereocenters. The fourth-order valence-electron chi connectivity index (χ4n) is 2.47. The third kappa shape index (κ3) is 6.35. The van der Waals surface area contributed by atoms with E-state index >= 15 is 0 Å². The van der Waals surface area contributed by atoms with E-state index in [1.54, 1.807) is 26.8 Å². The van der Waals surface area contributed by atoms with Crippen molar-refractivity contribution in [2.45, 2.75) is 33.3 Å². The third-order valence-electron chi connectivity index (χ3n) is 3.65. The van der Waals surface area contributed by atoms with Gasteiger partial charge in [0.25, 0.3) is 5.91 Å². The van der Waals surface area contributed by atoms with Gasteiger partial charge < -0.3 is 19.5 Å². The van der Waals surface area contributed by atoms with Crippen molar-refractivity contribution < 1.29 is 28.2 Å². The molecule has 2 aromatic carbocycles. The largest absolute Gasteiger partial charge is 0.493 e. The Morgan fingerprint density at radius 3 is 2.40 bits per heavy atom. The van der Waals surface area contributed by atoms with Crippen molar-refractivity contribution in [2.24, 2.45) is 0 Å². The predicted octanol–water partition coefficient (Wildman–Crippen LogP) is 5.59. The van der Waals surface area contributed by atoms with Crippen LogP contribution in [0.5, 0.6) is 11.5 Å². The second-order valence-corrected chi connectivity index (χ2v) is 8.05. The minimum atomic E-state index is -0.727. The van der Waals surface area contributed by atoms with Crippen molar-refractivity contribution in [1.29, 1.82) is 0 Å². The molecule has 0 radical (unpaired) electrons. The lowest BCUT2D eigenvalue weighted by Crippen LogP contribution is -2.27. The highest BCUT2D eigenvalue weighted by Crippen LogP contribution is 2.37. The van der Waals surface area contributed by atoms with Gasteiger partial charge in [0.2, 0.25) is 0 Å². The van der Waals surface area contributed by atoms with E-state index in [0.29, 0.717) is 22.6 Å². The summed E-state index contributed by atoms with van der Waals surface area (Å²) in [7, 11) is 1.46. The maximum absolute atomic E-state index is 13.8. The number of nitrogens with one attached hydrogen (secondary N) is 2. The Kier molecular flexibility index (Phi) is 7.66. The molecule has 0 atom stereocenters. The van der Waals surface area contributed by atoms with Gasteiger partial charge in [-0.25, -0.2) is 9.18 Å². The van der Waals surface area contributed by atoms with Crippen molar-refractivity contribution in [3.8, 4) is 11.5 Å². The molecule has 7 nitrogen and oxygen atoms in total. The molecule has 2 rings (SSSR count). The van der Waals surface area contributed by atoms with Gasteiger partial charge in [-0.15, -0.1) is 0 Å². The molecular formula is C21H24BrFN2O5. The van der Waals surface area contributed by atoms with Crippen LogP contribution in [0.2, 0.25) is 0 Å². The van der Waals surface area contributed by atoms with Gasteiger partial charge in [-0.05, 0) is 74.0 Å². The molecule has 2 amide bonds. The van der Waals surface area contributed by atoms with E-state index < -0.39 is 23.4 Å². The highest BCUT2D eigenvalue weighted by Gasteiger charge is 2.20. The minimum Gasteiger partial charge on any atom is -0.493 e. The summed E-state index contributed by atoms with van der Waals surface area (Å²) in [5, 5.41) is 5.11. The summed E-state index contributed by atoms with van der Waals surface area (Å²) >= 11 is 3.36. The van der Waals surface area contributed by atoms with E-state index in [1.165, 1.54) is 25.3 Å². The highest BCUT2D eigenvalue weighted by atomic mass is 79.9. The standard InChI is InChI=1S/C21H24BrFN2O5/c1-6-29-18-14(22)9-12(10-17(18)28-5)19(26)24-16-11-13(23)7-8-15(16)25-20(27)30-21(2,3)4/h7-11H,6H2,1-5H3,(H,24,26)(H,25,27). The van der Waals surface area contributed by atoms with Crippen LogP contribution >= 0.6 is 15.9 Å². The molecule has 30 heavy (non-hydrogen) atoms. The summed E-state index contributed by atoms with van der Waals surface area (Å²) in [6.07, 6.45) is -0.727. The first-order valence-corrected chi connectivity index (χ1v) is 9.94. The van der Waals surface area contributed by atoms with Gasteiger partial charge in [0.05, 0.1) is 29.6 Å². The normalized spacial score (nSPS) is 10.9.